The maximum absolute atomic E-state index is 2.45. The van der Waals surface area contributed by atoms with Crippen molar-refractivity contribution in [3.63, 3.8) is 0 Å². The van der Waals surface area contributed by atoms with Crippen LogP contribution in [0.3, 0.4) is 0 Å². The third kappa shape index (κ3) is 6.82. The molecule has 2 heteroatoms. The van der Waals surface area contributed by atoms with Gasteiger partial charge in [0.05, 0.1) is 16.7 Å². The van der Waals surface area contributed by atoms with Crippen LogP contribution in [0, 0.1) is 0 Å². The van der Waals surface area contributed by atoms with Gasteiger partial charge in [-0.2, -0.15) is 0 Å². The quantitative estimate of drug-likeness (QED) is 0.148. The molecular weight excluding hydrogens is 821 g/mol. The highest BCUT2D eigenvalue weighted by atomic mass is 15.1. The Bertz CT molecular complexity index is 3960. The van der Waals surface area contributed by atoms with Crippen molar-refractivity contribution in [3.8, 4) is 50.2 Å². The van der Waals surface area contributed by atoms with Crippen LogP contribution in [0.4, 0.5) is 17.1 Å². The maximum Gasteiger partial charge on any atom is 0.0546 e. The topological polar surface area (TPSA) is 8.17 Å². The second kappa shape index (κ2) is 16.5. The molecule has 0 bridgehead atoms. The van der Waals surface area contributed by atoms with Gasteiger partial charge in [0.15, 0.2) is 0 Å². The normalized spacial score (nSPS) is 11.5. The lowest BCUT2D eigenvalue weighted by Gasteiger charge is -2.29. The molecule has 13 rings (SSSR count). The highest BCUT2D eigenvalue weighted by Crippen LogP contribution is 2.46. The average Bonchev–Trinajstić information content (AvgIpc) is 3.75. The summed E-state index contributed by atoms with van der Waals surface area (Å²) in [5, 5.41) is 9.90. The lowest BCUT2D eigenvalue weighted by Crippen LogP contribution is -2.11. The molecule has 0 fully saturated rings. The molecule has 1 aromatic heterocycles. The molecule has 0 saturated carbocycles. The highest BCUT2D eigenvalue weighted by molar-refractivity contribution is 6.09. The summed E-state index contributed by atoms with van der Waals surface area (Å²) < 4.78 is 2.39. The van der Waals surface area contributed by atoms with Crippen LogP contribution in [0.25, 0.3) is 104 Å². The number of para-hydroxylation sites is 2. The Balaban J connectivity index is 0.987. The molecule has 0 aliphatic carbocycles. The van der Waals surface area contributed by atoms with Crippen molar-refractivity contribution >= 4 is 71.2 Å². The van der Waals surface area contributed by atoms with Gasteiger partial charge in [0.2, 0.25) is 0 Å². The molecule has 0 aliphatic heterocycles. The first kappa shape index (κ1) is 39.4. The van der Waals surface area contributed by atoms with Crippen LogP contribution in [-0.4, -0.2) is 4.57 Å². The third-order valence-corrected chi connectivity index (χ3v) is 13.8. The summed E-state index contributed by atoms with van der Waals surface area (Å²) in [6.45, 7) is 0. The van der Waals surface area contributed by atoms with E-state index in [0.717, 1.165) is 45.0 Å². The third-order valence-electron chi connectivity index (χ3n) is 13.8. The monoisotopic (exact) mass is 864 g/mol. The lowest BCUT2D eigenvalue weighted by atomic mass is 9.92. The molecule has 12 aromatic carbocycles. The van der Waals surface area contributed by atoms with E-state index in [1.807, 2.05) is 0 Å². The summed E-state index contributed by atoms with van der Waals surface area (Å²) in [5.41, 5.74) is 16.2. The van der Waals surface area contributed by atoms with Crippen molar-refractivity contribution in [2.24, 2.45) is 0 Å². The van der Waals surface area contributed by atoms with E-state index in [-0.39, 0.29) is 0 Å². The molecular formula is C66H44N2. The molecule has 0 N–H and O–H groups in total. The predicted octanol–water partition coefficient (Wildman–Crippen LogP) is 18.4. The largest absolute Gasteiger partial charge is 0.310 e. The van der Waals surface area contributed by atoms with Crippen molar-refractivity contribution in [1.29, 1.82) is 0 Å². The molecule has 0 unspecified atom stereocenters. The minimum Gasteiger partial charge on any atom is -0.310 e. The van der Waals surface area contributed by atoms with Crippen LogP contribution < -0.4 is 4.90 Å². The van der Waals surface area contributed by atoms with Gasteiger partial charge in [-0.05, 0) is 132 Å². The average molecular weight is 865 g/mol. The van der Waals surface area contributed by atoms with Crippen LogP contribution in [0.15, 0.2) is 267 Å². The molecule has 0 saturated heterocycles. The van der Waals surface area contributed by atoms with Crippen molar-refractivity contribution in [2.75, 3.05) is 4.90 Å². The minimum atomic E-state index is 1.07. The second-order valence-electron chi connectivity index (χ2n) is 17.7. The summed E-state index contributed by atoms with van der Waals surface area (Å²) in [4.78, 5) is 2.45. The first-order chi connectivity index (χ1) is 33.7. The van der Waals surface area contributed by atoms with E-state index in [1.54, 1.807) is 0 Å². The molecule has 318 valence electrons. The number of hydrogen-bond donors (Lipinski definition) is 0. The Kier molecular flexibility index (Phi) is 9.54. The van der Waals surface area contributed by atoms with E-state index in [0.29, 0.717) is 0 Å². The van der Waals surface area contributed by atoms with Gasteiger partial charge in [-0.25, -0.2) is 0 Å². The van der Waals surface area contributed by atoms with Gasteiger partial charge >= 0.3 is 0 Å². The van der Waals surface area contributed by atoms with Crippen LogP contribution in [0.2, 0.25) is 0 Å². The molecule has 0 spiro atoms. The second-order valence-corrected chi connectivity index (χ2v) is 17.7. The van der Waals surface area contributed by atoms with Crippen molar-refractivity contribution in [3.05, 3.63) is 267 Å². The Hall–Kier alpha value is -8.98. The fourth-order valence-electron chi connectivity index (χ4n) is 10.5. The van der Waals surface area contributed by atoms with E-state index in [4.69, 9.17) is 0 Å². The zero-order chi connectivity index (χ0) is 45.0. The van der Waals surface area contributed by atoms with E-state index < -0.39 is 0 Å². The van der Waals surface area contributed by atoms with Crippen LogP contribution in [0.5, 0.6) is 0 Å². The van der Waals surface area contributed by atoms with Gasteiger partial charge < -0.3 is 9.47 Å². The Labute approximate surface area is 395 Å². The summed E-state index contributed by atoms with van der Waals surface area (Å²) in [6, 6.07) is 97.7. The van der Waals surface area contributed by atoms with E-state index >= 15 is 0 Å². The number of hydrogen-bond acceptors (Lipinski definition) is 1. The molecule has 13 aromatic rings. The standard InChI is InChI=1S/C66H44N2/c1-2-17-50-42-52(31-30-45(50)14-1)47-34-39-55(40-35-47)67(54-37-32-46(33-38-54)51-20-11-21-56(43-51)68-64-28-9-7-24-61(64)62-25-8-10-29-65(62)68)66-44-53(59-26-12-18-48-15-3-5-22-57(48)59)36-41-63(66)60-27-13-19-49-16-4-6-23-58(49)60/h1-44H. The maximum atomic E-state index is 2.45. The van der Waals surface area contributed by atoms with Crippen molar-refractivity contribution < 1.29 is 0 Å². The Morgan fingerprint density at radius 2 is 0.721 bits per heavy atom. The minimum absolute atomic E-state index is 1.07. The fourth-order valence-corrected chi connectivity index (χ4v) is 10.5. The molecule has 0 amide bonds. The van der Waals surface area contributed by atoms with Gasteiger partial charge in [0.1, 0.15) is 0 Å². The summed E-state index contributed by atoms with van der Waals surface area (Å²) in [7, 11) is 0. The molecule has 0 radical (unpaired) electrons. The van der Waals surface area contributed by atoms with E-state index in [1.165, 1.54) is 76.4 Å². The molecule has 1 heterocycles. The first-order valence-corrected chi connectivity index (χ1v) is 23.4. The van der Waals surface area contributed by atoms with Crippen LogP contribution in [-0.2, 0) is 0 Å². The van der Waals surface area contributed by atoms with E-state index in [2.05, 4.69) is 276 Å². The molecule has 2 nitrogen and oxygen atoms in total. The Morgan fingerprint density at radius 1 is 0.250 bits per heavy atom. The number of anilines is 3. The van der Waals surface area contributed by atoms with Gasteiger partial charge in [-0.3, -0.25) is 0 Å². The van der Waals surface area contributed by atoms with Crippen LogP contribution in [0.1, 0.15) is 0 Å². The van der Waals surface area contributed by atoms with Crippen molar-refractivity contribution in [2.45, 2.75) is 0 Å². The van der Waals surface area contributed by atoms with Gasteiger partial charge in [0.25, 0.3) is 0 Å². The molecule has 0 atom stereocenters. The van der Waals surface area contributed by atoms with E-state index in [9.17, 15) is 0 Å². The number of nitrogens with zero attached hydrogens (tertiary/aromatic N) is 2. The molecule has 0 aliphatic rings. The first-order valence-electron chi connectivity index (χ1n) is 23.4. The number of rotatable bonds is 8. The number of fused-ring (bicyclic) bond motifs is 6. The van der Waals surface area contributed by atoms with Gasteiger partial charge in [0, 0.05) is 33.4 Å². The fraction of sp³-hybridized carbons (Fsp3) is 0. The Morgan fingerprint density at radius 3 is 1.37 bits per heavy atom. The zero-order valence-electron chi connectivity index (χ0n) is 37.3. The van der Waals surface area contributed by atoms with Crippen LogP contribution >= 0.6 is 0 Å². The summed E-state index contributed by atoms with van der Waals surface area (Å²) in [5.74, 6) is 0. The SMILES string of the molecule is c1cc(-c2ccc(N(c3ccc(-c4ccc5ccccc5c4)cc3)c3cc(-c4cccc5ccccc45)ccc3-c3cccc4ccccc34)cc2)cc(-n2c3ccccc3c3ccccc32)c1. The predicted molar refractivity (Wildman–Crippen MR) is 290 cm³/mol. The summed E-state index contributed by atoms with van der Waals surface area (Å²) >= 11 is 0. The van der Waals surface area contributed by atoms with Gasteiger partial charge in [-0.15, -0.1) is 0 Å². The summed E-state index contributed by atoms with van der Waals surface area (Å²) in [6.07, 6.45) is 0. The molecule has 68 heavy (non-hydrogen) atoms. The smallest absolute Gasteiger partial charge is 0.0546 e. The highest BCUT2D eigenvalue weighted by Gasteiger charge is 2.21. The zero-order valence-corrected chi connectivity index (χ0v) is 37.3. The number of aromatic nitrogens is 1. The van der Waals surface area contributed by atoms with Gasteiger partial charge in [-0.1, -0.05) is 206 Å². The lowest BCUT2D eigenvalue weighted by molar-refractivity contribution is 1.18. The van der Waals surface area contributed by atoms with Crippen molar-refractivity contribution in [1.82, 2.24) is 4.57 Å². The number of benzene rings is 12.